The lowest BCUT2D eigenvalue weighted by molar-refractivity contribution is -0.156. The number of fused-ring (bicyclic) bond motifs is 1. The van der Waals surface area contributed by atoms with Gasteiger partial charge in [0.05, 0.1) is 13.2 Å². The summed E-state index contributed by atoms with van der Waals surface area (Å²) in [6.45, 7) is 0.662. The minimum absolute atomic E-state index is 0.130. The van der Waals surface area contributed by atoms with Gasteiger partial charge in [-0.2, -0.15) is 0 Å². The highest BCUT2D eigenvalue weighted by molar-refractivity contribution is 6.20. The van der Waals surface area contributed by atoms with E-state index >= 15 is 0 Å². The maximum absolute atomic E-state index is 10.8. The molecule has 0 aromatic heterocycles. The van der Waals surface area contributed by atoms with Gasteiger partial charge in [-0.1, -0.05) is 0 Å². The minimum atomic E-state index is -0.895. The number of hydrogen-bond donors (Lipinski definition) is 0. The van der Waals surface area contributed by atoms with E-state index in [1.165, 1.54) is 0 Å². The molecule has 0 spiro atoms. The van der Waals surface area contributed by atoms with Gasteiger partial charge >= 0.3 is 5.97 Å². The number of carbonyl (C=O) groups is 2. The number of ether oxygens (including phenoxy) is 4. The molecule has 6 nitrogen and oxygen atoms in total. The largest absolute Gasteiger partial charge is 0.451 e. The van der Waals surface area contributed by atoms with Gasteiger partial charge in [0.15, 0.2) is 6.10 Å². The van der Waals surface area contributed by atoms with Crippen LogP contribution in [0, 0.1) is 0 Å². The van der Waals surface area contributed by atoms with Crippen molar-refractivity contribution < 1.29 is 28.5 Å². The second kappa shape index (κ2) is 4.26. The predicted octanol–water partition coefficient (Wildman–Crippen LogP) is -1.09. The minimum Gasteiger partial charge on any atom is -0.451 e. The standard InChI is InChI=1S/C9H12O6/c1-12-5-3-13-9-6(4-14-8(5)9)15-7(11)2-10/h2,5-6,8-9H,3-4H2,1H3. The molecule has 0 amide bonds. The molecule has 15 heavy (non-hydrogen) atoms. The predicted molar refractivity (Wildman–Crippen MR) is 46.2 cm³/mol. The average Bonchev–Trinajstić information content (AvgIpc) is 2.80. The molecule has 0 saturated carbocycles. The third-order valence-electron chi connectivity index (χ3n) is 2.63. The Hall–Kier alpha value is -0.980. The Bertz CT molecular complexity index is 265. The van der Waals surface area contributed by atoms with Gasteiger partial charge in [0.25, 0.3) is 0 Å². The van der Waals surface area contributed by atoms with Crippen LogP contribution in [0.25, 0.3) is 0 Å². The Morgan fingerprint density at radius 3 is 2.47 bits per heavy atom. The van der Waals surface area contributed by atoms with Crippen molar-refractivity contribution in [2.45, 2.75) is 24.4 Å². The molecule has 0 aromatic carbocycles. The zero-order valence-electron chi connectivity index (χ0n) is 8.25. The van der Waals surface area contributed by atoms with Gasteiger partial charge in [0, 0.05) is 7.11 Å². The SMILES string of the molecule is COC1COC2C(OC(=O)C=O)COC12. The topological polar surface area (TPSA) is 71.1 Å². The highest BCUT2D eigenvalue weighted by Crippen LogP contribution is 2.29. The molecule has 4 atom stereocenters. The van der Waals surface area contributed by atoms with Crippen molar-refractivity contribution in [1.29, 1.82) is 0 Å². The summed E-state index contributed by atoms with van der Waals surface area (Å²) < 4.78 is 20.8. The Kier molecular flexibility index (Phi) is 2.99. The van der Waals surface area contributed by atoms with E-state index in [0.29, 0.717) is 6.61 Å². The number of esters is 1. The number of aldehydes is 1. The molecular formula is C9H12O6. The summed E-state index contributed by atoms with van der Waals surface area (Å²) in [5, 5.41) is 0. The lowest BCUT2D eigenvalue weighted by atomic mass is 10.1. The van der Waals surface area contributed by atoms with Gasteiger partial charge in [-0.25, -0.2) is 4.79 Å². The maximum Gasteiger partial charge on any atom is 0.371 e. The first-order chi connectivity index (χ1) is 7.26. The van der Waals surface area contributed by atoms with E-state index in [0.717, 1.165) is 0 Å². The summed E-state index contributed by atoms with van der Waals surface area (Å²) in [4.78, 5) is 20.9. The Labute approximate surface area is 86.4 Å². The van der Waals surface area contributed by atoms with Crippen molar-refractivity contribution >= 4 is 12.3 Å². The van der Waals surface area contributed by atoms with Crippen LogP contribution in [0.15, 0.2) is 0 Å². The van der Waals surface area contributed by atoms with Crippen LogP contribution in [0.1, 0.15) is 0 Å². The van der Waals surface area contributed by atoms with E-state index in [2.05, 4.69) is 0 Å². The van der Waals surface area contributed by atoms with Crippen molar-refractivity contribution in [3.05, 3.63) is 0 Å². The summed E-state index contributed by atoms with van der Waals surface area (Å²) in [5.41, 5.74) is 0. The van der Waals surface area contributed by atoms with Gasteiger partial charge in [0.2, 0.25) is 6.29 Å². The molecule has 2 saturated heterocycles. The summed E-state index contributed by atoms with van der Waals surface area (Å²) in [5.74, 6) is -0.895. The summed E-state index contributed by atoms with van der Waals surface area (Å²) in [6, 6.07) is 0. The number of methoxy groups -OCH3 is 1. The van der Waals surface area contributed by atoms with Crippen LogP contribution in [0.2, 0.25) is 0 Å². The molecular weight excluding hydrogens is 204 g/mol. The lowest BCUT2D eigenvalue weighted by Crippen LogP contribution is -2.34. The number of hydrogen-bond acceptors (Lipinski definition) is 6. The van der Waals surface area contributed by atoms with Crippen molar-refractivity contribution in [1.82, 2.24) is 0 Å². The third-order valence-corrected chi connectivity index (χ3v) is 2.63. The van der Waals surface area contributed by atoms with Crippen LogP contribution in [-0.2, 0) is 28.5 Å². The van der Waals surface area contributed by atoms with E-state index in [9.17, 15) is 9.59 Å². The second-order valence-corrected chi connectivity index (χ2v) is 3.46. The maximum atomic E-state index is 10.8. The van der Waals surface area contributed by atoms with E-state index in [1.807, 2.05) is 0 Å². The highest BCUT2D eigenvalue weighted by atomic mass is 16.7. The van der Waals surface area contributed by atoms with Crippen LogP contribution in [0.3, 0.4) is 0 Å². The fourth-order valence-electron chi connectivity index (χ4n) is 1.91. The zero-order valence-corrected chi connectivity index (χ0v) is 8.25. The van der Waals surface area contributed by atoms with Crippen LogP contribution in [-0.4, -0.2) is 57.0 Å². The van der Waals surface area contributed by atoms with Crippen molar-refractivity contribution in [2.24, 2.45) is 0 Å². The average molecular weight is 216 g/mol. The van der Waals surface area contributed by atoms with Gasteiger partial charge in [-0.05, 0) is 0 Å². The molecule has 2 aliphatic heterocycles. The first-order valence-electron chi connectivity index (χ1n) is 4.68. The molecule has 0 bridgehead atoms. The second-order valence-electron chi connectivity index (χ2n) is 3.46. The monoisotopic (exact) mass is 216 g/mol. The molecule has 0 aliphatic carbocycles. The molecule has 0 aromatic rings. The Morgan fingerprint density at radius 1 is 1.27 bits per heavy atom. The first kappa shape index (κ1) is 10.5. The highest BCUT2D eigenvalue weighted by Gasteiger charge is 2.49. The quantitative estimate of drug-likeness (QED) is 0.339. The van der Waals surface area contributed by atoms with E-state index in [-0.39, 0.29) is 31.2 Å². The Balaban J connectivity index is 1.95. The molecule has 2 rings (SSSR count). The molecule has 84 valence electrons. The third kappa shape index (κ3) is 1.88. The zero-order chi connectivity index (χ0) is 10.8. The smallest absolute Gasteiger partial charge is 0.371 e. The molecule has 2 aliphatic rings. The fourth-order valence-corrected chi connectivity index (χ4v) is 1.91. The summed E-state index contributed by atoms with van der Waals surface area (Å²) in [6.07, 6.45) is -1.03. The van der Waals surface area contributed by atoms with Crippen molar-refractivity contribution in [2.75, 3.05) is 20.3 Å². The molecule has 0 radical (unpaired) electrons. The van der Waals surface area contributed by atoms with Gasteiger partial charge in [0.1, 0.15) is 18.3 Å². The van der Waals surface area contributed by atoms with Gasteiger partial charge in [-0.15, -0.1) is 0 Å². The van der Waals surface area contributed by atoms with Crippen LogP contribution in [0.4, 0.5) is 0 Å². The summed E-state index contributed by atoms with van der Waals surface area (Å²) >= 11 is 0. The van der Waals surface area contributed by atoms with Gasteiger partial charge < -0.3 is 18.9 Å². The lowest BCUT2D eigenvalue weighted by Gasteiger charge is -2.15. The molecule has 4 unspecified atom stereocenters. The number of rotatable bonds is 3. The van der Waals surface area contributed by atoms with Crippen LogP contribution >= 0.6 is 0 Å². The fraction of sp³-hybridized carbons (Fsp3) is 0.778. The number of carbonyl (C=O) groups excluding carboxylic acids is 2. The molecule has 6 heteroatoms. The summed E-state index contributed by atoms with van der Waals surface area (Å²) in [7, 11) is 1.57. The van der Waals surface area contributed by atoms with Crippen LogP contribution < -0.4 is 0 Å². The van der Waals surface area contributed by atoms with Crippen LogP contribution in [0.5, 0.6) is 0 Å². The first-order valence-corrected chi connectivity index (χ1v) is 4.68. The molecule has 0 N–H and O–H groups in total. The van der Waals surface area contributed by atoms with E-state index in [4.69, 9.17) is 18.9 Å². The Morgan fingerprint density at radius 2 is 1.87 bits per heavy atom. The normalized spacial score (nSPS) is 38.7. The van der Waals surface area contributed by atoms with E-state index < -0.39 is 12.1 Å². The molecule has 2 fully saturated rings. The van der Waals surface area contributed by atoms with E-state index in [1.54, 1.807) is 7.11 Å². The molecule has 2 heterocycles. The van der Waals surface area contributed by atoms with Crippen molar-refractivity contribution in [3.63, 3.8) is 0 Å². The van der Waals surface area contributed by atoms with Crippen molar-refractivity contribution in [3.8, 4) is 0 Å². The van der Waals surface area contributed by atoms with Gasteiger partial charge in [-0.3, -0.25) is 4.79 Å².